The quantitative estimate of drug-likeness (QED) is 0.789. The van der Waals surface area contributed by atoms with Gasteiger partial charge in [0.2, 0.25) is 15.9 Å². The number of hydrogen-bond donors (Lipinski definition) is 0. The van der Waals surface area contributed by atoms with Gasteiger partial charge in [0.1, 0.15) is 5.75 Å². The fraction of sp³-hybridized carbons (Fsp3) is 0.467. The van der Waals surface area contributed by atoms with E-state index in [0.717, 1.165) is 0 Å². The van der Waals surface area contributed by atoms with Crippen LogP contribution in [0.4, 0.5) is 0 Å². The predicted octanol–water partition coefficient (Wildman–Crippen LogP) is 0.893. The van der Waals surface area contributed by atoms with Crippen LogP contribution < -0.4 is 4.74 Å². The van der Waals surface area contributed by atoms with Crippen molar-refractivity contribution in [1.82, 2.24) is 19.3 Å². The summed E-state index contributed by atoms with van der Waals surface area (Å²) in [5.41, 5.74) is 0. The summed E-state index contributed by atoms with van der Waals surface area (Å²) in [6, 6.07) is 6.45. The molecule has 0 unspecified atom stereocenters. The fourth-order valence-electron chi connectivity index (χ4n) is 2.63. The van der Waals surface area contributed by atoms with Gasteiger partial charge in [-0.25, -0.2) is 8.42 Å². The lowest BCUT2D eigenvalue weighted by Gasteiger charge is -2.33. The molecule has 0 atom stereocenters. The van der Waals surface area contributed by atoms with Crippen LogP contribution in [0.3, 0.4) is 0 Å². The van der Waals surface area contributed by atoms with E-state index in [0.29, 0.717) is 50.2 Å². The van der Waals surface area contributed by atoms with Crippen LogP contribution in [0.5, 0.6) is 5.75 Å². The zero-order valence-electron chi connectivity index (χ0n) is 13.7. The van der Waals surface area contributed by atoms with Crippen molar-refractivity contribution in [2.75, 3.05) is 33.3 Å². The highest BCUT2D eigenvalue weighted by Gasteiger charge is 2.28. The maximum atomic E-state index is 12.7. The first-order valence-electron chi connectivity index (χ1n) is 7.65. The van der Waals surface area contributed by atoms with E-state index in [2.05, 4.69) is 15.0 Å². The Morgan fingerprint density at radius 2 is 1.83 bits per heavy atom. The second-order valence-electron chi connectivity index (χ2n) is 5.59. The summed E-state index contributed by atoms with van der Waals surface area (Å²) < 4.78 is 36.9. The molecule has 0 saturated carbocycles. The van der Waals surface area contributed by atoms with E-state index in [1.165, 1.54) is 4.31 Å². The fourth-order valence-corrected chi connectivity index (χ4v) is 4.05. The average Bonchev–Trinajstić information content (AvgIpc) is 3.00. The molecule has 3 rings (SSSR count). The lowest BCUT2D eigenvalue weighted by molar-refractivity contribution is 0.176. The van der Waals surface area contributed by atoms with E-state index < -0.39 is 10.0 Å². The van der Waals surface area contributed by atoms with Gasteiger partial charge in [-0.15, -0.1) is 0 Å². The van der Waals surface area contributed by atoms with Crippen LogP contribution in [0.15, 0.2) is 33.7 Å². The Morgan fingerprint density at radius 1 is 1.17 bits per heavy atom. The molecule has 2 aromatic rings. The van der Waals surface area contributed by atoms with Crippen LogP contribution in [0.1, 0.15) is 11.7 Å². The van der Waals surface area contributed by atoms with E-state index >= 15 is 0 Å². The van der Waals surface area contributed by atoms with Gasteiger partial charge < -0.3 is 9.26 Å². The molecule has 0 N–H and O–H groups in total. The minimum absolute atomic E-state index is 0.283. The van der Waals surface area contributed by atoms with Gasteiger partial charge in [0, 0.05) is 33.1 Å². The summed E-state index contributed by atoms with van der Waals surface area (Å²) in [7, 11) is -1.93. The van der Waals surface area contributed by atoms with E-state index in [1.807, 2.05) is 0 Å². The first-order chi connectivity index (χ1) is 11.5. The molecule has 1 fully saturated rings. The zero-order valence-corrected chi connectivity index (χ0v) is 14.5. The Labute approximate surface area is 141 Å². The van der Waals surface area contributed by atoms with Gasteiger partial charge in [-0.1, -0.05) is 5.16 Å². The molecule has 0 aliphatic carbocycles. The molecule has 1 aliphatic heterocycles. The topological polar surface area (TPSA) is 88.8 Å². The molecule has 1 aromatic carbocycles. The number of ether oxygens (including phenoxy) is 1. The number of methoxy groups -OCH3 is 1. The second kappa shape index (κ2) is 6.88. The summed E-state index contributed by atoms with van der Waals surface area (Å²) in [5, 5.41) is 3.87. The van der Waals surface area contributed by atoms with Crippen molar-refractivity contribution >= 4 is 10.0 Å². The van der Waals surface area contributed by atoms with Gasteiger partial charge in [-0.2, -0.15) is 9.29 Å². The third-order valence-electron chi connectivity index (χ3n) is 3.96. The Morgan fingerprint density at radius 3 is 2.38 bits per heavy atom. The van der Waals surface area contributed by atoms with Crippen LogP contribution >= 0.6 is 0 Å². The van der Waals surface area contributed by atoms with Gasteiger partial charge in [0.15, 0.2) is 5.82 Å². The molecule has 2 heterocycles. The SMILES string of the molecule is COc1ccc(S(=O)(=O)N2CCN(Cc3noc(C)n3)CC2)cc1. The van der Waals surface area contributed by atoms with Crippen molar-refractivity contribution in [3.63, 3.8) is 0 Å². The number of hydrogen-bond acceptors (Lipinski definition) is 7. The molecule has 0 spiro atoms. The van der Waals surface area contributed by atoms with E-state index in [4.69, 9.17) is 9.26 Å². The third-order valence-corrected chi connectivity index (χ3v) is 5.88. The Bertz CT molecular complexity index is 780. The highest BCUT2D eigenvalue weighted by atomic mass is 32.2. The summed E-state index contributed by atoms with van der Waals surface area (Å²) >= 11 is 0. The second-order valence-corrected chi connectivity index (χ2v) is 7.52. The van der Waals surface area contributed by atoms with E-state index in [1.54, 1.807) is 38.3 Å². The van der Waals surface area contributed by atoms with Crippen LogP contribution in [0.2, 0.25) is 0 Å². The summed E-state index contributed by atoms with van der Waals surface area (Å²) in [6.07, 6.45) is 0. The number of sulfonamides is 1. The zero-order chi connectivity index (χ0) is 17.2. The smallest absolute Gasteiger partial charge is 0.243 e. The molecule has 1 aliphatic rings. The first-order valence-corrected chi connectivity index (χ1v) is 9.09. The molecular formula is C15H20N4O4S. The molecule has 0 bridgehead atoms. The van der Waals surface area contributed by atoms with E-state index in [9.17, 15) is 8.42 Å². The maximum Gasteiger partial charge on any atom is 0.243 e. The number of aromatic nitrogens is 2. The van der Waals surface area contributed by atoms with Crippen molar-refractivity contribution in [2.24, 2.45) is 0 Å². The third kappa shape index (κ3) is 3.58. The standard InChI is InChI=1S/C15H20N4O4S/c1-12-16-15(17-23-12)11-18-7-9-19(10-8-18)24(20,21)14-5-3-13(22-2)4-6-14/h3-6H,7-11H2,1-2H3. The Balaban J connectivity index is 1.62. The monoisotopic (exact) mass is 352 g/mol. The van der Waals surface area contributed by atoms with Crippen molar-refractivity contribution in [2.45, 2.75) is 18.4 Å². The predicted molar refractivity (Wildman–Crippen MR) is 86.1 cm³/mol. The lowest BCUT2D eigenvalue weighted by atomic mass is 10.3. The molecule has 0 radical (unpaired) electrons. The first kappa shape index (κ1) is 16.9. The van der Waals surface area contributed by atoms with Crippen LogP contribution in [-0.4, -0.2) is 61.1 Å². The maximum absolute atomic E-state index is 12.7. The summed E-state index contributed by atoms with van der Waals surface area (Å²) in [6.45, 7) is 4.44. The lowest BCUT2D eigenvalue weighted by Crippen LogP contribution is -2.48. The van der Waals surface area contributed by atoms with Gasteiger partial charge in [-0.05, 0) is 24.3 Å². The van der Waals surface area contributed by atoms with Gasteiger partial charge >= 0.3 is 0 Å². The number of benzene rings is 1. The van der Waals surface area contributed by atoms with Gasteiger partial charge in [0.25, 0.3) is 0 Å². The normalized spacial score (nSPS) is 17.1. The molecule has 9 heteroatoms. The van der Waals surface area contributed by atoms with Crippen molar-refractivity contribution < 1.29 is 17.7 Å². The number of aryl methyl sites for hydroxylation is 1. The molecule has 24 heavy (non-hydrogen) atoms. The van der Waals surface area contributed by atoms with Crippen molar-refractivity contribution in [3.8, 4) is 5.75 Å². The van der Waals surface area contributed by atoms with Crippen LogP contribution in [0.25, 0.3) is 0 Å². The highest BCUT2D eigenvalue weighted by Crippen LogP contribution is 2.21. The number of rotatable bonds is 5. The van der Waals surface area contributed by atoms with E-state index in [-0.39, 0.29) is 4.90 Å². The number of piperazine rings is 1. The summed E-state index contributed by atoms with van der Waals surface area (Å²) in [5.74, 6) is 1.79. The molecule has 130 valence electrons. The Hall–Kier alpha value is -1.97. The van der Waals surface area contributed by atoms with Crippen molar-refractivity contribution in [1.29, 1.82) is 0 Å². The number of nitrogens with zero attached hydrogens (tertiary/aromatic N) is 4. The molecule has 1 aromatic heterocycles. The minimum atomic E-state index is -3.48. The average molecular weight is 352 g/mol. The molecule has 1 saturated heterocycles. The van der Waals surface area contributed by atoms with Crippen molar-refractivity contribution in [3.05, 3.63) is 36.0 Å². The molecule has 8 nitrogen and oxygen atoms in total. The highest BCUT2D eigenvalue weighted by molar-refractivity contribution is 7.89. The van der Waals surface area contributed by atoms with Crippen LogP contribution in [-0.2, 0) is 16.6 Å². The Kier molecular flexibility index (Phi) is 4.83. The largest absolute Gasteiger partial charge is 0.497 e. The molecule has 0 amide bonds. The molecular weight excluding hydrogens is 332 g/mol. The summed E-state index contributed by atoms with van der Waals surface area (Å²) in [4.78, 5) is 6.57. The minimum Gasteiger partial charge on any atom is -0.497 e. The van der Waals surface area contributed by atoms with Crippen LogP contribution in [0, 0.1) is 6.92 Å². The van der Waals surface area contributed by atoms with Gasteiger partial charge in [-0.3, -0.25) is 4.90 Å². The van der Waals surface area contributed by atoms with Gasteiger partial charge in [0.05, 0.1) is 18.6 Å².